The molecule has 2 aromatic carbocycles. The minimum absolute atomic E-state index is 0.0307. The van der Waals surface area contributed by atoms with Crippen molar-refractivity contribution in [3.8, 4) is 11.5 Å². The third-order valence-corrected chi connectivity index (χ3v) is 7.79. The van der Waals surface area contributed by atoms with Crippen molar-refractivity contribution >= 4 is 0 Å². The van der Waals surface area contributed by atoms with Crippen molar-refractivity contribution in [1.82, 2.24) is 0 Å². The topological polar surface area (TPSA) is 18.5 Å². The van der Waals surface area contributed by atoms with Gasteiger partial charge in [-0.3, -0.25) is 0 Å². The van der Waals surface area contributed by atoms with Crippen LogP contribution in [0.2, 0.25) is 0 Å². The smallest absolute Gasteiger partial charge is 0.168 e. The van der Waals surface area contributed by atoms with Gasteiger partial charge in [-0.25, -0.2) is 13.2 Å². The molecule has 0 radical (unpaired) electrons. The largest absolute Gasteiger partial charge is 0.493 e. The van der Waals surface area contributed by atoms with Crippen LogP contribution in [0, 0.1) is 29.3 Å². The average molecular weight is 487 g/mol. The van der Waals surface area contributed by atoms with Crippen molar-refractivity contribution in [3.05, 3.63) is 71.1 Å². The molecule has 2 fully saturated rings. The first kappa shape index (κ1) is 25.7. The molecule has 2 aliphatic rings. The van der Waals surface area contributed by atoms with E-state index in [1.165, 1.54) is 6.07 Å². The van der Waals surface area contributed by atoms with E-state index in [1.54, 1.807) is 12.1 Å². The Morgan fingerprint density at radius 1 is 0.800 bits per heavy atom. The molecule has 0 unspecified atom stereocenters. The highest BCUT2D eigenvalue weighted by atomic mass is 19.2. The molecule has 0 saturated heterocycles. The predicted molar refractivity (Wildman–Crippen MR) is 134 cm³/mol. The van der Waals surface area contributed by atoms with Gasteiger partial charge in [0, 0.05) is 6.07 Å². The number of hydrogen-bond donors (Lipinski definition) is 0. The number of benzene rings is 2. The lowest BCUT2D eigenvalue weighted by molar-refractivity contribution is 0.198. The maximum absolute atomic E-state index is 15.1. The van der Waals surface area contributed by atoms with Gasteiger partial charge in [0.25, 0.3) is 0 Å². The molecule has 0 atom stereocenters. The molecule has 5 heteroatoms. The SMILES string of the molecule is C/C=C/C1CCC(c2ccc(C3CCC(COc4ccc(OCC)c(F)c4)CC3)c(F)c2F)CC1. The fraction of sp³-hybridized carbons (Fsp3) is 0.533. The van der Waals surface area contributed by atoms with Crippen LogP contribution in [0.15, 0.2) is 42.5 Å². The molecule has 2 saturated carbocycles. The van der Waals surface area contributed by atoms with Crippen LogP contribution in [-0.4, -0.2) is 13.2 Å². The first-order valence-electron chi connectivity index (χ1n) is 13.2. The second-order valence-corrected chi connectivity index (χ2v) is 10.1. The van der Waals surface area contributed by atoms with Gasteiger partial charge in [0.1, 0.15) is 5.75 Å². The third-order valence-electron chi connectivity index (χ3n) is 7.79. The maximum Gasteiger partial charge on any atom is 0.168 e. The summed E-state index contributed by atoms with van der Waals surface area (Å²) in [4.78, 5) is 0. The zero-order chi connectivity index (χ0) is 24.8. The van der Waals surface area contributed by atoms with Crippen LogP contribution in [0.4, 0.5) is 13.2 Å². The Labute approximate surface area is 207 Å². The van der Waals surface area contributed by atoms with Gasteiger partial charge in [0.15, 0.2) is 23.2 Å². The summed E-state index contributed by atoms with van der Waals surface area (Å²) in [6.45, 7) is 4.74. The zero-order valence-electron chi connectivity index (χ0n) is 20.9. The molecular weight excluding hydrogens is 449 g/mol. The van der Waals surface area contributed by atoms with E-state index in [-0.39, 0.29) is 17.6 Å². The van der Waals surface area contributed by atoms with Crippen LogP contribution < -0.4 is 9.47 Å². The van der Waals surface area contributed by atoms with E-state index >= 15 is 8.78 Å². The van der Waals surface area contributed by atoms with E-state index in [9.17, 15) is 4.39 Å². The first-order valence-corrected chi connectivity index (χ1v) is 13.2. The van der Waals surface area contributed by atoms with Crippen LogP contribution >= 0.6 is 0 Å². The second kappa shape index (κ2) is 12.0. The molecule has 2 nitrogen and oxygen atoms in total. The number of ether oxygens (including phenoxy) is 2. The third kappa shape index (κ3) is 6.23. The maximum atomic E-state index is 15.1. The summed E-state index contributed by atoms with van der Waals surface area (Å²) in [5.41, 5.74) is 1.07. The molecule has 4 rings (SSSR count). The van der Waals surface area contributed by atoms with E-state index in [4.69, 9.17) is 9.47 Å². The van der Waals surface area contributed by atoms with Gasteiger partial charge in [-0.1, -0.05) is 24.3 Å². The van der Waals surface area contributed by atoms with Crippen LogP contribution in [0.3, 0.4) is 0 Å². The van der Waals surface area contributed by atoms with Crippen molar-refractivity contribution in [2.45, 2.75) is 77.0 Å². The molecule has 2 aromatic rings. The molecule has 0 amide bonds. The summed E-state index contributed by atoms with van der Waals surface area (Å²) in [6.07, 6.45) is 11.6. The monoisotopic (exact) mass is 486 g/mol. The average Bonchev–Trinajstić information content (AvgIpc) is 2.87. The Morgan fingerprint density at radius 3 is 1.94 bits per heavy atom. The first-order chi connectivity index (χ1) is 17.0. The van der Waals surface area contributed by atoms with Gasteiger partial charge in [-0.2, -0.15) is 0 Å². The number of rotatable bonds is 8. The Kier molecular flexibility index (Phi) is 8.80. The van der Waals surface area contributed by atoms with Crippen molar-refractivity contribution in [2.75, 3.05) is 13.2 Å². The molecule has 190 valence electrons. The standard InChI is InChI=1S/C30H37F3O2/c1-3-5-20-6-10-22(11-7-20)25-15-16-26(30(33)29(25)32)23-12-8-21(9-13-23)19-35-24-14-17-28(34-4-2)27(31)18-24/h3,5,14-18,20-23H,4,6-13,19H2,1-2H3/b5-3+. The normalized spacial score (nSPS) is 25.1. The molecule has 0 aromatic heterocycles. The van der Waals surface area contributed by atoms with Crippen molar-refractivity contribution in [1.29, 1.82) is 0 Å². The lowest BCUT2D eigenvalue weighted by atomic mass is 9.76. The molecule has 35 heavy (non-hydrogen) atoms. The molecule has 2 aliphatic carbocycles. The summed E-state index contributed by atoms with van der Waals surface area (Å²) in [6, 6.07) is 8.32. The Hall–Kier alpha value is -2.43. The highest BCUT2D eigenvalue weighted by Crippen LogP contribution is 2.41. The summed E-state index contributed by atoms with van der Waals surface area (Å²) in [7, 11) is 0. The van der Waals surface area contributed by atoms with Gasteiger partial charge < -0.3 is 9.47 Å². The summed E-state index contributed by atoms with van der Waals surface area (Å²) < 4.78 is 55.3. The van der Waals surface area contributed by atoms with E-state index in [0.717, 1.165) is 51.4 Å². The quantitative estimate of drug-likeness (QED) is 0.347. The highest BCUT2D eigenvalue weighted by molar-refractivity contribution is 5.33. The minimum atomic E-state index is -0.650. The fourth-order valence-electron chi connectivity index (χ4n) is 5.80. The van der Waals surface area contributed by atoms with E-state index in [0.29, 0.717) is 41.9 Å². The van der Waals surface area contributed by atoms with Gasteiger partial charge >= 0.3 is 0 Å². The molecule has 0 spiro atoms. The van der Waals surface area contributed by atoms with Crippen molar-refractivity contribution < 1.29 is 22.6 Å². The highest BCUT2D eigenvalue weighted by Gasteiger charge is 2.29. The second-order valence-electron chi connectivity index (χ2n) is 10.1. The van der Waals surface area contributed by atoms with E-state index < -0.39 is 17.5 Å². The molecule has 0 bridgehead atoms. The number of hydrogen-bond acceptors (Lipinski definition) is 2. The summed E-state index contributed by atoms with van der Waals surface area (Å²) >= 11 is 0. The lowest BCUT2D eigenvalue weighted by Crippen LogP contribution is -2.20. The van der Waals surface area contributed by atoms with Gasteiger partial charge in [-0.15, -0.1) is 0 Å². The van der Waals surface area contributed by atoms with Crippen LogP contribution in [0.5, 0.6) is 11.5 Å². The van der Waals surface area contributed by atoms with Gasteiger partial charge in [0.2, 0.25) is 0 Å². The summed E-state index contributed by atoms with van der Waals surface area (Å²) in [5.74, 6) is 0.0148. The van der Waals surface area contributed by atoms with Crippen molar-refractivity contribution in [2.24, 2.45) is 11.8 Å². The van der Waals surface area contributed by atoms with Gasteiger partial charge in [0.05, 0.1) is 13.2 Å². The fourth-order valence-corrected chi connectivity index (χ4v) is 5.80. The minimum Gasteiger partial charge on any atom is -0.493 e. The van der Waals surface area contributed by atoms with Gasteiger partial charge in [-0.05, 0) is 112 Å². The van der Waals surface area contributed by atoms with Crippen LogP contribution in [0.1, 0.15) is 88.2 Å². The summed E-state index contributed by atoms with van der Waals surface area (Å²) in [5, 5.41) is 0. The Balaban J connectivity index is 1.30. The van der Waals surface area contributed by atoms with E-state index in [2.05, 4.69) is 12.2 Å². The van der Waals surface area contributed by atoms with Crippen LogP contribution in [-0.2, 0) is 0 Å². The van der Waals surface area contributed by atoms with Crippen molar-refractivity contribution in [3.63, 3.8) is 0 Å². The number of allylic oxidation sites excluding steroid dienone is 2. The molecule has 0 aliphatic heterocycles. The molecule has 0 heterocycles. The number of halogens is 3. The molecular formula is C30H37F3O2. The Morgan fingerprint density at radius 2 is 1.40 bits per heavy atom. The van der Waals surface area contributed by atoms with Crippen LogP contribution in [0.25, 0.3) is 0 Å². The Bertz CT molecular complexity index is 1000. The zero-order valence-corrected chi connectivity index (χ0v) is 20.9. The lowest BCUT2D eigenvalue weighted by Gasteiger charge is -2.30. The predicted octanol–water partition coefficient (Wildman–Crippen LogP) is 8.71. The molecule has 0 N–H and O–H groups in total. The van der Waals surface area contributed by atoms with E-state index in [1.807, 2.05) is 26.0 Å².